The number of carbonyl (C=O) groups is 1. The molecule has 0 fully saturated rings. The van der Waals surface area contributed by atoms with Gasteiger partial charge in [-0.2, -0.15) is 0 Å². The molecule has 258 valence electrons. The molecule has 7 rings (SSSR count). The summed E-state index contributed by atoms with van der Waals surface area (Å²) in [5, 5.41) is 14.6. The molecule has 0 amide bonds. The van der Waals surface area contributed by atoms with Crippen LogP contribution in [0.4, 0.5) is 0 Å². The highest BCUT2D eigenvalue weighted by atomic mass is 16.5. The van der Waals surface area contributed by atoms with Crippen LogP contribution in [-0.2, 0) is 28.2 Å². The van der Waals surface area contributed by atoms with Crippen molar-refractivity contribution >= 4 is 5.97 Å². The molecule has 5 aromatic carbocycles. The average Bonchev–Trinajstić information content (AvgIpc) is 3.69. The van der Waals surface area contributed by atoms with Crippen LogP contribution in [-0.4, -0.2) is 45.4 Å². The Labute approximate surface area is 302 Å². The fourth-order valence-electron chi connectivity index (χ4n) is 6.60. The second kappa shape index (κ2) is 15.2. The summed E-state index contributed by atoms with van der Waals surface area (Å²) in [7, 11) is 2.89. The second-order valence-corrected chi connectivity index (χ2v) is 12.3. The molecule has 9 nitrogen and oxygen atoms in total. The highest BCUT2D eigenvalue weighted by Crippen LogP contribution is 2.40. The van der Waals surface area contributed by atoms with Crippen LogP contribution in [0.2, 0.25) is 0 Å². The fraction of sp³-hybridized carbons (Fsp3) is 0.140. The Morgan fingerprint density at radius 2 is 1.25 bits per heavy atom. The molecule has 0 saturated heterocycles. The number of hydrogen-bond donors (Lipinski definition) is 0. The molecule has 0 aliphatic heterocycles. The van der Waals surface area contributed by atoms with Gasteiger partial charge in [0.1, 0.15) is 17.9 Å². The van der Waals surface area contributed by atoms with Crippen LogP contribution in [0.5, 0.6) is 5.75 Å². The molecular weight excluding hydrogens is 651 g/mol. The predicted octanol–water partition coefficient (Wildman–Crippen LogP) is 8.06. The number of aromatic nitrogens is 5. The SMILES string of the molecule is COCc1nc(C)cc(OCc2ccc(-c3ccccc3-c3nnn(C(c4ccccc4)(c4ccccc4)c4ccccc4)n3)cc2)c1C(=O)OC. The molecule has 0 aliphatic rings. The average molecular weight is 688 g/mol. The van der Waals surface area contributed by atoms with Crippen molar-refractivity contribution in [1.29, 1.82) is 0 Å². The summed E-state index contributed by atoms with van der Waals surface area (Å²) in [6.07, 6.45) is 0. The van der Waals surface area contributed by atoms with Gasteiger partial charge in [-0.05, 0) is 45.5 Å². The van der Waals surface area contributed by atoms with E-state index in [0.29, 0.717) is 23.0 Å². The van der Waals surface area contributed by atoms with E-state index in [4.69, 9.17) is 24.5 Å². The van der Waals surface area contributed by atoms with Gasteiger partial charge in [-0.25, -0.2) is 4.79 Å². The monoisotopic (exact) mass is 687 g/mol. The van der Waals surface area contributed by atoms with E-state index in [2.05, 4.69) is 52.5 Å². The number of aryl methyl sites for hydroxylation is 1. The molecule has 2 heterocycles. The molecule has 7 aromatic rings. The van der Waals surface area contributed by atoms with Crippen molar-refractivity contribution in [1.82, 2.24) is 25.2 Å². The molecule has 52 heavy (non-hydrogen) atoms. The minimum absolute atomic E-state index is 0.158. The van der Waals surface area contributed by atoms with Crippen LogP contribution < -0.4 is 4.74 Å². The van der Waals surface area contributed by atoms with Crippen molar-refractivity contribution in [3.63, 3.8) is 0 Å². The Morgan fingerprint density at radius 1 is 0.692 bits per heavy atom. The molecule has 0 unspecified atom stereocenters. The summed E-state index contributed by atoms with van der Waals surface area (Å²) in [6, 6.07) is 48.7. The van der Waals surface area contributed by atoms with Gasteiger partial charge in [0.05, 0.1) is 19.4 Å². The summed E-state index contributed by atoms with van der Waals surface area (Å²) in [5.41, 5.74) is 7.30. The zero-order valence-corrected chi connectivity index (χ0v) is 29.1. The van der Waals surface area contributed by atoms with Gasteiger partial charge in [0.2, 0.25) is 5.82 Å². The van der Waals surface area contributed by atoms with Gasteiger partial charge < -0.3 is 14.2 Å². The first-order valence-electron chi connectivity index (χ1n) is 16.9. The van der Waals surface area contributed by atoms with Crippen molar-refractivity contribution < 1.29 is 19.0 Å². The minimum atomic E-state index is -0.878. The van der Waals surface area contributed by atoms with E-state index in [1.807, 2.05) is 104 Å². The first-order chi connectivity index (χ1) is 25.5. The van der Waals surface area contributed by atoms with Crippen LogP contribution in [0.25, 0.3) is 22.5 Å². The summed E-state index contributed by atoms with van der Waals surface area (Å²) in [4.78, 5) is 18.9. The molecule has 0 saturated carbocycles. The number of pyridine rings is 1. The number of ether oxygens (including phenoxy) is 3. The largest absolute Gasteiger partial charge is 0.488 e. The number of nitrogens with zero attached hydrogens (tertiary/aromatic N) is 5. The van der Waals surface area contributed by atoms with Crippen LogP contribution in [0, 0.1) is 6.92 Å². The number of rotatable bonds is 12. The Bertz CT molecular complexity index is 2180. The molecule has 0 atom stereocenters. The first kappa shape index (κ1) is 34.0. The van der Waals surface area contributed by atoms with Crippen LogP contribution >= 0.6 is 0 Å². The number of benzene rings is 5. The standard InChI is InChI=1S/C43H37N5O4/c1-30-27-39(40(42(49)51-3)38(44-30)29-50-2)52-28-31-23-25-32(26-24-31)36-21-13-14-22-37(36)41-45-47-48(46-41)43(33-15-7-4-8-16-33,34-17-9-5-10-18-34)35-19-11-6-12-20-35/h4-27H,28-29H2,1-3H3. The summed E-state index contributed by atoms with van der Waals surface area (Å²) in [6.45, 7) is 2.24. The Hall–Kier alpha value is -6.45. The third kappa shape index (κ3) is 6.57. The third-order valence-electron chi connectivity index (χ3n) is 8.97. The van der Waals surface area contributed by atoms with Gasteiger partial charge in [-0.1, -0.05) is 140 Å². The molecule has 0 radical (unpaired) electrons. The van der Waals surface area contributed by atoms with E-state index in [0.717, 1.165) is 38.9 Å². The van der Waals surface area contributed by atoms with E-state index in [1.165, 1.54) is 7.11 Å². The van der Waals surface area contributed by atoms with Gasteiger partial charge in [0.25, 0.3) is 0 Å². The van der Waals surface area contributed by atoms with E-state index >= 15 is 0 Å². The van der Waals surface area contributed by atoms with E-state index in [1.54, 1.807) is 18.0 Å². The lowest BCUT2D eigenvalue weighted by Gasteiger charge is -2.34. The number of tetrazole rings is 1. The Balaban J connectivity index is 1.23. The topological polar surface area (TPSA) is 101 Å². The molecule has 0 spiro atoms. The summed E-state index contributed by atoms with van der Waals surface area (Å²) < 4.78 is 16.5. The smallest absolute Gasteiger partial charge is 0.343 e. The quantitative estimate of drug-likeness (QED) is 0.0940. The zero-order valence-electron chi connectivity index (χ0n) is 29.1. The van der Waals surface area contributed by atoms with Gasteiger partial charge in [-0.15, -0.1) is 15.0 Å². The molecule has 0 bridgehead atoms. The number of methoxy groups -OCH3 is 2. The van der Waals surface area contributed by atoms with Crippen molar-refractivity contribution in [3.05, 3.63) is 185 Å². The van der Waals surface area contributed by atoms with Crippen LogP contribution in [0.1, 0.15) is 44.0 Å². The maximum Gasteiger partial charge on any atom is 0.343 e. The number of hydrogen-bond acceptors (Lipinski definition) is 8. The van der Waals surface area contributed by atoms with Crippen molar-refractivity contribution in [2.75, 3.05) is 14.2 Å². The molecule has 2 aromatic heterocycles. The predicted molar refractivity (Wildman–Crippen MR) is 199 cm³/mol. The van der Waals surface area contributed by atoms with Gasteiger partial charge >= 0.3 is 5.97 Å². The van der Waals surface area contributed by atoms with Crippen molar-refractivity contribution in [3.8, 4) is 28.3 Å². The maximum absolute atomic E-state index is 12.7. The van der Waals surface area contributed by atoms with E-state index in [9.17, 15) is 4.79 Å². The third-order valence-corrected chi connectivity index (χ3v) is 8.97. The Morgan fingerprint density at radius 3 is 1.81 bits per heavy atom. The second-order valence-electron chi connectivity index (χ2n) is 12.3. The van der Waals surface area contributed by atoms with Crippen molar-refractivity contribution in [2.45, 2.75) is 25.7 Å². The zero-order chi connectivity index (χ0) is 35.9. The van der Waals surface area contributed by atoms with E-state index < -0.39 is 11.5 Å². The summed E-state index contributed by atoms with van der Waals surface area (Å²) in [5.74, 6) is 0.374. The number of esters is 1. The lowest BCUT2D eigenvalue weighted by atomic mass is 9.77. The lowest BCUT2D eigenvalue weighted by Crippen LogP contribution is -2.39. The molecule has 0 N–H and O–H groups in total. The van der Waals surface area contributed by atoms with Crippen LogP contribution in [0.3, 0.4) is 0 Å². The van der Waals surface area contributed by atoms with Gasteiger partial charge in [0.15, 0.2) is 5.54 Å². The van der Waals surface area contributed by atoms with Crippen LogP contribution in [0.15, 0.2) is 146 Å². The maximum atomic E-state index is 12.7. The highest BCUT2D eigenvalue weighted by molar-refractivity contribution is 5.93. The normalized spacial score (nSPS) is 11.3. The first-order valence-corrected chi connectivity index (χ1v) is 16.9. The molecular formula is C43H37N5O4. The Kier molecular flexibility index (Phi) is 9.95. The van der Waals surface area contributed by atoms with Gasteiger partial charge in [0, 0.05) is 24.4 Å². The molecule has 9 heteroatoms. The molecule has 0 aliphatic carbocycles. The summed E-state index contributed by atoms with van der Waals surface area (Å²) >= 11 is 0. The highest BCUT2D eigenvalue weighted by Gasteiger charge is 2.41. The number of carbonyl (C=O) groups excluding carboxylic acids is 1. The lowest BCUT2D eigenvalue weighted by molar-refractivity contribution is 0.0589. The van der Waals surface area contributed by atoms with Crippen molar-refractivity contribution in [2.24, 2.45) is 0 Å². The van der Waals surface area contributed by atoms with E-state index in [-0.39, 0.29) is 18.8 Å². The van der Waals surface area contributed by atoms with Gasteiger partial charge in [-0.3, -0.25) is 4.98 Å². The minimum Gasteiger partial charge on any atom is -0.488 e. The fourth-order valence-corrected chi connectivity index (χ4v) is 6.60.